The molecule has 2 rings (SSSR count). The van der Waals surface area contributed by atoms with E-state index in [2.05, 4.69) is 0 Å². The van der Waals surface area contributed by atoms with Crippen LogP contribution in [0.5, 0.6) is 0 Å². The van der Waals surface area contributed by atoms with Crippen LogP contribution in [-0.4, -0.2) is 48.1 Å². The Morgan fingerprint density at radius 2 is 1.88 bits per heavy atom. The molecule has 136 valence electrons. The summed E-state index contributed by atoms with van der Waals surface area (Å²) < 4.78 is 4.86. The van der Waals surface area contributed by atoms with Crippen LogP contribution in [-0.2, 0) is 14.3 Å². The van der Waals surface area contributed by atoms with E-state index in [1.165, 1.54) is 31.0 Å². The third-order valence-corrected chi connectivity index (χ3v) is 5.38. The lowest BCUT2D eigenvalue weighted by Gasteiger charge is -2.31. The molecule has 1 aromatic rings. The van der Waals surface area contributed by atoms with Gasteiger partial charge < -0.3 is 15.4 Å². The van der Waals surface area contributed by atoms with Crippen LogP contribution in [0.3, 0.4) is 0 Å². The highest BCUT2D eigenvalue weighted by atomic mass is 32.2. The first-order valence-electron chi connectivity index (χ1n) is 8.42. The van der Waals surface area contributed by atoms with Gasteiger partial charge in [-0.25, -0.2) is 4.79 Å². The molecule has 0 spiro atoms. The van der Waals surface area contributed by atoms with Crippen molar-refractivity contribution in [2.45, 2.75) is 43.0 Å². The number of thioether (sulfide) groups is 1. The summed E-state index contributed by atoms with van der Waals surface area (Å²) in [4.78, 5) is 37.7. The van der Waals surface area contributed by atoms with Gasteiger partial charge in [0.1, 0.15) is 0 Å². The number of carbonyl (C=O) groups is 3. The molecule has 0 aromatic heterocycles. The molecule has 1 aliphatic carbocycles. The quantitative estimate of drug-likeness (QED) is 0.592. The van der Waals surface area contributed by atoms with Crippen molar-refractivity contribution in [3.63, 3.8) is 0 Å². The number of hydrogen-bond acceptors (Lipinski definition) is 5. The number of rotatable bonds is 7. The number of benzene rings is 1. The lowest BCUT2D eigenvalue weighted by molar-refractivity contribution is -0.129. The molecule has 1 saturated carbocycles. The van der Waals surface area contributed by atoms with Gasteiger partial charge in [0.15, 0.2) is 6.61 Å². The fourth-order valence-corrected chi connectivity index (χ4v) is 3.85. The Labute approximate surface area is 152 Å². The van der Waals surface area contributed by atoms with Crippen LogP contribution < -0.4 is 5.73 Å². The maximum atomic E-state index is 12.4. The lowest BCUT2D eigenvalue weighted by atomic mass is 9.94. The molecule has 1 fully saturated rings. The van der Waals surface area contributed by atoms with Crippen LogP contribution in [0.25, 0.3) is 0 Å². The van der Waals surface area contributed by atoms with E-state index >= 15 is 0 Å². The highest BCUT2D eigenvalue weighted by molar-refractivity contribution is 8.00. The van der Waals surface area contributed by atoms with Crippen LogP contribution in [0.4, 0.5) is 0 Å². The molecule has 2 N–H and O–H groups in total. The Morgan fingerprint density at radius 3 is 2.56 bits per heavy atom. The highest BCUT2D eigenvalue weighted by Crippen LogP contribution is 2.26. The Hall–Kier alpha value is -2.02. The van der Waals surface area contributed by atoms with Gasteiger partial charge in [0.05, 0.1) is 11.3 Å². The van der Waals surface area contributed by atoms with Gasteiger partial charge in [0, 0.05) is 18.0 Å². The monoisotopic (exact) mass is 364 g/mol. The minimum atomic E-state index is -0.706. The second-order valence-electron chi connectivity index (χ2n) is 6.12. The molecule has 1 aliphatic rings. The average molecular weight is 364 g/mol. The standard InChI is InChI=1S/C18H24N2O4S/c1-20(13-7-3-2-4-8-13)17(22)12-25-15-10-6-5-9-14(15)18(23)24-11-16(19)21/h5-6,9-10,13H,2-4,7-8,11-12H2,1H3,(H2,19,21). The van der Waals surface area contributed by atoms with E-state index in [0.29, 0.717) is 16.5 Å². The van der Waals surface area contributed by atoms with Gasteiger partial charge in [-0.1, -0.05) is 31.4 Å². The summed E-state index contributed by atoms with van der Waals surface area (Å²) in [7, 11) is 1.85. The van der Waals surface area contributed by atoms with Crippen LogP contribution in [0.1, 0.15) is 42.5 Å². The van der Waals surface area contributed by atoms with Crippen molar-refractivity contribution in [3.8, 4) is 0 Å². The molecule has 2 amide bonds. The molecule has 6 nitrogen and oxygen atoms in total. The number of amides is 2. The normalized spacial score (nSPS) is 14.8. The first kappa shape index (κ1) is 19.3. The molecule has 25 heavy (non-hydrogen) atoms. The summed E-state index contributed by atoms with van der Waals surface area (Å²) in [6.45, 7) is -0.457. The van der Waals surface area contributed by atoms with Crippen molar-refractivity contribution in [1.29, 1.82) is 0 Å². The van der Waals surface area contributed by atoms with Crippen molar-refractivity contribution in [1.82, 2.24) is 4.90 Å². The highest BCUT2D eigenvalue weighted by Gasteiger charge is 2.22. The van der Waals surface area contributed by atoms with E-state index in [4.69, 9.17) is 10.5 Å². The Kier molecular flexibility index (Phi) is 7.31. The number of ether oxygens (including phenoxy) is 1. The molecule has 0 aliphatic heterocycles. The fourth-order valence-electron chi connectivity index (χ4n) is 2.89. The van der Waals surface area contributed by atoms with E-state index in [-0.39, 0.29) is 11.7 Å². The molecule has 0 heterocycles. The summed E-state index contributed by atoms with van der Waals surface area (Å²) in [6, 6.07) is 7.20. The Morgan fingerprint density at radius 1 is 1.20 bits per heavy atom. The maximum Gasteiger partial charge on any atom is 0.339 e. The molecule has 0 radical (unpaired) electrons. The van der Waals surface area contributed by atoms with E-state index < -0.39 is 18.5 Å². The zero-order valence-corrected chi connectivity index (χ0v) is 15.2. The summed E-state index contributed by atoms with van der Waals surface area (Å²) >= 11 is 1.30. The maximum absolute atomic E-state index is 12.4. The number of esters is 1. The third-order valence-electron chi connectivity index (χ3n) is 4.32. The first-order valence-corrected chi connectivity index (χ1v) is 9.40. The van der Waals surface area contributed by atoms with Gasteiger partial charge in [-0.2, -0.15) is 0 Å². The van der Waals surface area contributed by atoms with Crippen molar-refractivity contribution < 1.29 is 19.1 Å². The zero-order valence-electron chi connectivity index (χ0n) is 14.4. The van der Waals surface area contributed by atoms with Crippen LogP contribution in [0, 0.1) is 0 Å². The number of carbonyl (C=O) groups excluding carboxylic acids is 3. The number of primary amides is 1. The van der Waals surface area contributed by atoms with E-state index in [1.807, 2.05) is 11.9 Å². The predicted octanol–water partition coefficient (Wildman–Crippen LogP) is 2.21. The third kappa shape index (κ3) is 5.77. The topological polar surface area (TPSA) is 89.7 Å². The Bertz CT molecular complexity index is 629. The largest absolute Gasteiger partial charge is 0.452 e. The van der Waals surface area contributed by atoms with Crippen molar-refractivity contribution in [2.24, 2.45) is 5.73 Å². The van der Waals surface area contributed by atoms with Gasteiger partial charge in [-0.15, -0.1) is 11.8 Å². The van der Waals surface area contributed by atoms with Gasteiger partial charge in [0.25, 0.3) is 5.91 Å². The molecular weight excluding hydrogens is 340 g/mol. The van der Waals surface area contributed by atoms with Crippen LogP contribution in [0.2, 0.25) is 0 Å². The van der Waals surface area contributed by atoms with E-state index in [9.17, 15) is 14.4 Å². The number of hydrogen-bond donors (Lipinski definition) is 1. The summed E-state index contributed by atoms with van der Waals surface area (Å²) in [5.41, 5.74) is 5.32. The van der Waals surface area contributed by atoms with E-state index in [0.717, 1.165) is 12.8 Å². The second kappa shape index (κ2) is 9.46. The van der Waals surface area contributed by atoms with Gasteiger partial charge in [-0.3, -0.25) is 9.59 Å². The van der Waals surface area contributed by atoms with Crippen molar-refractivity contribution in [3.05, 3.63) is 29.8 Å². The van der Waals surface area contributed by atoms with Crippen LogP contribution in [0.15, 0.2) is 29.2 Å². The minimum Gasteiger partial charge on any atom is -0.452 e. The molecule has 1 aromatic carbocycles. The molecule has 0 saturated heterocycles. The van der Waals surface area contributed by atoms with Crippen LogP contribution >= 0.6 is 11.8 Å². The number of nitrogens with two attached hydrogens (primary N) is 1. The molecule has 0 bridgehead atoms. The Balaban J connectivity index is 1.94. The van der Waals surface area contributed by atoms with Gasteiger partial charge in [0.2, 0.25) is 5.91 Å². The SMILES string of the molecule is CN(C(=O)CSc1ccccc1C(=O)OCC(N)=O)C1CCCCC1. The molecular formula is C18H24N2O4S. The summed E-state index contributed by atoms with van der Waals surface area (Å²) in [5.74, 6) is -1.01. The summed E-state index contributed by atoms with van der Waals surface area (Å²) in [5, 5.41) is 0. The zero-order chi connectivity index (χ0) is 18.2. The average Bonchev–Trinajstić information content (AvgIpc) is 2.64. The molecule has 0 unspecified atom stereocenters. The predicted molar refractivity (Wildman–Crippen MR) is 96.3 cm³/mol. The smallest absolute Gasteiger partial charge is 0.339 e. The molecule has 7 heteroatoms. The van der Waals surface area contributed by atoms with Crippen molar-refractivity contribution in [2.75, 3.05) is 19.4 Å². The number of nitrogens with zero attached hydrogens (tertiary/aromatic N) is 1. The first-order chi connectivity index (χ1) is 12.0. The molecule has 0 atom stereocenters. The van der Waals surface area contributed by atoms with Gasteiger partial charge >= 0.3 is 5.97 Å². The van der Waals surface area contributed by atoms with Gasteiger partial charge in [-0.05, 0) is 25.0 Å². The summed E-state index contributed by atoms with van der Waals surface area (Å²) in [6.07, 6.45) is 5.70. The fraction of sp³-hybridized carbons (Fsp3) is 0.500. The second-order valence-corrected chi connectivity index (χ2v) is 7.14. The van der Waals surface area contributed by atoms with Crippen molar-refractivity contribution >= 4 is 29.5 Å². The van der Waals surface area contributed by atoms with E-state index in [1.54, 1.807) is 24.3 Å². The lowest BCUT2D eigenvalue weighted by Crippen LogP contribution is -2.39. The minimum absolute atomic E-state index is 0.0530.